The molecule has 1 unspecified atom stereocenters. The molecule has 1 aromatic rings. The number of nitrogens with zero attached hydrogens (tertiary/aromatic N) is 2. The van der Waals surface area contributed by atoms with Gasteiger partial charge in [-0.2, -0.15) is 4.31 Å². The molecule has 1 rings (SSSR count). The highest BCUT2D eigenvalue weighted by Gasteiger charge is 2.27. The van der Waals surface area contributed by atoms with Crippen LogP contribution in [-0.2, 0) is 23.1 Å². The third-order valence-corrected chi connectivity index (χ3v) is 5.56. The summed E-state index contributed by atoms with van der Waals surface area (Å²) in [4.78, 5) is 0.331. The molecule has 0 amide bonds. The predicted molar refractivity (Wildman–Crippen MR) is 81.9 cm³/mol. The average Bonchev–Trinajstić information content (AvgIpc) is 2.80. The first-order valence-corrected chi connectivity index (χ1v) is 8.55. The van der Waals surface area contributed by atoms with Crippen LogP contribution >= 0.6 is 0 Å². The summed E-state index contributed by atoms with van der Waals surface area (Å²) in [6, 6.07) is 1.66. The van der Waals surface area contributed by atoms with Crippen LogP contribution in [0.1, 0.15) is 39.8 Å². The first-order valence-electron chi connectivity index (χ1n) is 7.11. The Labute approximate surface area is 122 Å². The molecule has 6 heteroatoms. The number of nitrogens with two attached hydrogens (primary N) is 1. The zero-order valence-electron chi connectivity index (χ0n) is 13.1. The van der Waals surface area contributed by atoms with Gasteiger partial charge in [-0.1, -0.05) is 13.8 Å². The molecule has 2 N–H and O–H groups in total. The zero-order valence-corrected chi connectivity index (χ0v) is 13.9. The summed E-state index contributed by atoms with van der Waals surface area (Å²) in [5.41, 5.74) is 6.50. The topological polar surface area (TPSA) is 68.3 Å². The summed E-state index contributed by atoms with van der Waals surface area (Å²) in [6.07, 6.45) is 2.52. The van der Waals surface area contributed by atoms with Crippen LogP contribution in [0.5, 0.6) is 0 Å². The minimum atomic E-state index is -3.45. The predicted octanol–water partition coefficient (Wildman–Crippen LogP) is 2.02. The zero-order chi connectivity index (χ0) is 15.5. The Morgan fingerprint density at radius 1 is 1.35 bits per heavy atom. The highest BCUT2D eigenvalue weighted by Crippen LogP contribution is 2.22. The lowest BCUT2D eigenvalue weighted by Crippen LogP contribution is -2.35. The van der Waals surface area contributed by atoms with E-state index in [-0.39, 0.29) is 6.04 Å². The minimum absolute atomic E-state index is 0.0219. The number of aromatic nitrogens is 1. The van der Waals surface area contributed by atoms with E-state index in [1.807, 2.05) is 18.4 Å². The summed E-state index contributed by atoms with van der Waals surface area (Å²) in [6.45, 7) is 9.16. The molecule has 0 radical (unpaired) electrons. The van der Waals surface area contributed by atoms with Gasteiger partial charge in [0.05, 0.1) is 0 Å². The molecule has 0 aliphatic carbocycles. The highest BCUT2D eigenvalue weighted by molar-refractivity contribution is 7.89. The van der Waals surface area contributed by atoms with Gasteiger partial charge in [0.15, 0.2) is 0 Å². The molecule has 1 aromatic heterocycles. The molecule has 1 heterocycles. The maximum Gasteiger partial charge on any atom is 0.244 e. The molecule has 0 aliphatic heterocycles. The van der Waals surface area contributed by atoms with E-state index in [1.165, 1.54) is 4.31 Å². The van der Waals surface area contributed by atoms with Crippen molar-refractivity contribution in [2.24, 2.45) is 11.7 Å². The quantitative estimate of drug-likeness (QED) is 0.837. The molecule has 5 nitrogen and oxygen atoms in total. The Bertz CT molecular complexity index is 513. The lowest BCUT2D eigenvalue weighted by atomic mass is 10.1. The Kier molecular flexibility index (Phi) is 5.79. The Balaban J connectivity index is 3.06. The summed E-state index contributed by atoms with van der Waals surface area (Å²) in [5.74, 6) is 0.461. The first kappa shape index (κ1) is 17.2. The number of hydrogen-bond donors (Lipinski definition) is 1. The number of hydrogen-bond acceptors (Lipinski definition) is 3. The van der Waals surface area contributed by atoms with Gasteiger partial charge in [0.1, 0.15) is 4.90 Å². The van der Waals surface area contributed by atoms with E-state index in [4.69, 9.17) is 5.73 Å². The molecule has 0 aliphatic rings. The molecule has 1 atom stereocenters. The van der Waals surface area contributed by atoms with Crippen molar-refractivity contribution in [3.63, 3.8) is 0 Å². The van der Waals surface area contributed by atoms with Crippen LogP contribution in [0.25, 0.3) is 0 Å². The Morgan fingerprint density at radius 3 is 2.35 bits per heavy atom. The van der Waals surface area contributed by atoms with Crippen LogP contribution in [-0.4, -0.2) is 30.4 Å². The summed E-state index contributed by atoms with van der Waals surface area (Å²) < 4.78 is 28.6. The fraction of sp³-hybridized carbons (Fsp3) is 0.714. The van der Waals surface area contributed by atoms with Crippen molar-refractivity contribution in [2.45, 2.75) is 58.1 Å². The Morgan fingerprint density at radius 2 is 1.95 bits per heavy atom. The van der Waals surface area contributed by atoms with Crippen LogP contribution in [0.3, 0.4) is 0 Å². The second-order valence-corrected chi connectivity index (χ2v) is 7.65. The second-order valence-electron chi connectivity index (χ2n) is 5.66. The lowest BCUT2D eigenvalue weighted by Gasteiger charge is -2.25. The van der Waals surface area contributed by atoms with Crippen LogP contribution in [0.2, 0.25) is 0 Å². The van der Waals surface area contributed by atoms with Crippen molar-refractivity contribution >= 4 is 10.0 Å². The van der Waals surface area contributed by atoms with Gasteiger partial charge in [0.2, 0.25) is 10.0 Å². The molecule has 0 aromatic carbocycles. The molecular weight excluding hydrogens is 274 g/mol. The fourth-order valence-corrected chi connectivity index (χ4v) is 3.80. The maximum absolute atomic E-state index is 12.6. The van der Waals surface area contributed by atoms with Crippen molar-refractivity contribution in [1.82, 2.24) is 8.87 Å². The van der Waals surface area contributed by atoms with Crippen LogP contribution in [0.15, 0.2) is 17.2 Å². The van der Waals surface area contributed by atoms with E-state index < -0.39 is 10.0 Å². The van der Waals surface area contributed by atoms with Gasteiger partial charge in [0, 0.05) is 38.1 Å². The largest absolute Gasteiger partial charge is 0.349 e. The highest BCUT2D eigenvalue weighted by atomic mass is 32.2. The number of aryl methyl sites for hydroxylation is 1. The van der Waals surface area contributed by atoms with Gasteiger partial charge < -0.3 is 10.3 Å². The van der Waals surface area contributed by atoms with Gasteiger partial charge in [0.25, 0.3) is 0 Å². The van der Waals surface area contributed by atoms with Gasteiger partial charge in [-0.15, -0.1) is 0 Å². The molecule has 0 bridgehead atoms. The van der Waals surface area contributed by atoms with Gasteiger partial charge in [-0.05, 0) is 32.3 Å². The van der Waals surface area contributed by atoms with Gasteiger partial charge in [-0.3, -0.25) is 0 Å². The maximum atomic E-state index is 12.6. The van der Waals surface area contributed by atoms with E-state index in [0.717, 1.165) is 12.1 Å². The average molecular weight is 301 g/mol. The van der Waals surface area contributed by atoms with Crippen LogP contribution in [0.4, 0.5) is 0 Å². The third kappa shape index (κ3) is 3.62. The van der Waals surface area contributed by atoms with Crippen molar-refractivity contribution in [2.75, 3.05) is 7.05 Å². The summed E-state index contributed by atoms with van der Waals surface area (Å²) in [5, 5.41) is 0. The molecule has 0 saturated heterocycles. The van der Waals surface area contributed by atoms with Crippen LogP contribution < -0.4 is 5.73 Å². The van der Waals surface area contributed by atoms with E-state index in [2.05, 4.69) is 13.8 Å². The normalized spacial score (nSPS) is 14.2. The molecule has 0 spiro atoms. The minimum Gasteiger partial charge on any atom is -0.349 e. The molecular formula is C14H27N3O2S. The van der Waals surface area contributed by atoms with Crippen molar-refractivity contribution in [1.29, 1.82) is 0 Å². The van der Waals surface area contributed by atoms with E-state index >= 15 is 0 Å². The van der Waals surface area contributed by atoms with Gasteiger partial charge in [-0.25, -0.2) is 8.42 Å². The Hall–Kier alpha value is -0.850. The van der Waals surface area contributed by atoms with Crippen molar-refractivity contribution < 1.29 is 8.42 Å². The number of rotatable bonds is 7. The molecule has 116 valence electrons. The smallest absolute Gasteiger partial charge is 0.244 e. The second kappa shape index (κ2) is 6.74. The number of sulfonamides is 1. The standard InChI is InChI=1S/C14H27N3O2S/c1-6-17-10-14(8-13(17)9-15)20(18,19)16(5)12(4)7-11(2)3/h8,10-12H,6-7,9,15H2,1-5H3. The molecule has 0 fully saturated rings. The van der Waals surface area contributed by atoms with E-state index in [1.54, 1.807) is 19.3 Å². The SMILES string of the molecule is CCn1cc(S(=O)(=O)N(C)C(C)CC(C)C)cc1CN. The third-order valence-electron chi connectivity index (χ3n) is 3.62. The monoisotopic (exact) mass is 301 g/mol. The van der Waals surface area contributed by atoms with Crippen molar-refractivity contribution in [3.8, 4) is 0 Å². The first-order chi connectivity index (χ1) is 9.23. The van der Waals surface area contributed by atoms with Crippen LogP contribution in [0, 0.1) is 5.92 Å². The lowest BCUT2D eigenvalue weighted by molar-refractivity contribution is 0.338. The molecule has 0 saturated carbocycles. The van der Waals surface area contributed by atoms with Gasteiger partial charge >= 0.3 is 0 Å². The molecule has 20 heavy (non-hydrogen) atoms. The summed E-state index contributed by atoms with van der Waals surface area (Å²) in [7, 11) is -1.80. The van der Waals surface area contributed by atoms with Crippen molar-refractivity contribution in [3.05, 3.63) is 18.0 Å². The fourth-order valence-electron chi connectivity index (χ4n) is 2.37. The summed E-state index contributed by atoms with van der Waals surface area (Å²) >= 11 is 0. The van der Waals surface area contributed by atoms with E-state index in [9.17, 15) is 8.42 Å². The van der Waals surface area contributed by atoms with E-state index in [0.29, 0.717) is 23.9 Å².